The van der Waals surface area contributed by atoms with E-state index in [1.54, 1.807) is 0 Å². The highest BCUT2D eigenvalue weighted by molar-refractivity contribution is 7.12. The van der Waals surface area contributed by atoms with Crippen molar-refractivity contribution >= 4 is 34.1 Å². The molecule has 0 saturated carbocycles. The number of hydrogen-bond donors (Lipinski definition) is 0. The second kappa shape index (κ2) is 6.20. The molecule has 1 aromatic carbocycles. The largest absolute Gasteiger partial charge is 0.352 e. The molecule has 0 atom stereocenters. The van der Waals surface area contributed by atoms with E-state index in [0.717, 1.165) is 40.5 Å². The van der Waals surface area contributed by atoms with E-state index in [4.69, 9.17) is 4.98 Å². The van der Waals surface area contributed by atoms with Gasteiger partial charge in [-0.05, 0) is 30.5 Å². The molecule has 0 aliphatic carbocycles. The molecule has 0 N–H and O–H groups in total. The minimum atomic E-state index is 0.131. The van der Waals surface area contributed by atoms with Gasteiger partial charge in [0.25, 0.3) is 5.91 Å². The molecule has 0 bridgehead atoms. The van der Waals surface area contributed by atoms with Crippen LogP contribution >= 0.6 is 11.3 Å². The van der Waals surface area contributed by atoms with Crippen LogP contribution in [0.25, 0.3) is 11.0 Å². The van der Waals surface area contributed by atoms with Crippen LogP contribution in [0.1, 0.15) is 15.4 Å². The second-order valence-electron chi connectivity index (χ2n) is 5.88. The first-order valence-corrected chi connectivity index (χ1v) is 8.91. The number of aromatic nitrogens is 2. The average molecular weight is 338 g/mol. The van der Waals surface area contributed by atoms with E-state index in [-0.39, 0.29) is 5.91 Å². The Morgan fingerprint density at radius 1 is 1.00 bits per heavy atom. The van der Waals surface area contributed by atoms with Crippen molar-refractivity contribution in [2.24, 2.45) is 0 Å². The Kier molecular flexibility index (Phi) is 3.90. The molecule has 6 heteroatoms. The third-order valence-corrected chi connectivity index (χ3v) is 5.18. The highest BCUT2D eigenvalue weighted by Crippen LogP contribution is 2.22. The van der Waals surface area contributed by atoms with Gasteiger partial charge in [0.1, 0.15) is 0 Å². The number of anilines is 1. The summed E-state index contributed by atoms with van der Waals surface area (Å²) in [5, 5.41) is 1.94. The summed E-state index contributed by atoms with van der Waals surface area (Å²) in [7, 11) is 0. The second-order valence-corrected chi connectivity index (χ2v) is 6.83. The lowest BCUT2D eigenvalue weighted by molar-refractivity contribution is 0.0751. The maximum atomic E-state index is 12.4. The van der Waals surface area contributed by atoms with E-state index in [1.165, 1.54) is 11.3 Å². The van der Waals surface area contributed by atoms with E-state index in [0.29, 0.717) is 13.1 Å². The number of thiophene rings is 1. The molecule has 1 aliphatic heterocycles. The van der Waals surface area contributed by atoms with Gasteiger partial charge in [0.2, 0.25) is 0 Å². The Balaban J connectivity index is 1.51. The summed E-state index contributed by atoms with van der Waals surface area (Å²) in [6.45, 7) is 4.99. The number of carbonyl (C=O) groups excluding carboxylic acids is 1. The first-order valence-electron chi connectivity index (χ1n) is 8.03. The van der Waals surface area contributed by atoms with Crippen LogP contribution in [0.4, 0.5) is 5.82 Å². The van der Waals surface area contributed by atoms with E-state index in [9.17, 15) is 4.79 Å². The summed E-state index contributed by atoms with van der Waals surface area (Å²) in [5.41, 5.74) is 2.77. The van der Waals surface area contributed by atoms with E-state index in [2.05, 4.69) is 9.88 Å². The quantitative estimate of drug-likeness (QED) is 0.721. The van der Waals surface area contributed by atoms with E-state index < -0.39 is 0 Å². The molecule has 0 spiro atoms. The number of amides is 1. The fourth-order valence-electron chi connectivity index (χ4n) is 3.06. The summed E-state index contributed by atoms with van der Waals surface area (Å²) < 4.78 is 0. The monoisotopic (exact) mass is 338 g/mol. The molecule has 1 fully saturated rings. The van der Waals surface area contributed by atoms with E-state index >= 15 is 0 Å². The molecule has 5 nitrogen and oxygen atoms in total. The Morgan fingerprint density at radius 2 is 1.71 bits per heavy atom. The zero-order chi connectivity index (χ0) is 16.5. The van der Waals surface area contributed by atoms with Gasteiger partial charge in [0, 0.05) is 26.2 Å². The number of piperazine rings is 1. The summed E-state index contributed by atoms with van der Waals surface area (Å²) in [4.78, 5) is 26.8. The van der Waals surface area contributed by atoms with E-state index in [1.807, 2.05) is 53.6 Å². The normalized spacial score (nSPS) is 15.0. The van der Waals surface area contributed by atoms with Crippen LogP contribution in [0.15, 0.2) is 41.8 Å². The van der Waals surface area contributed by atoms with Crippen molar-refractivity contribution in [2.75, 3.05) is 31.1 Å². The van der Waals surface area contributed by atoms with Crippen molar-refractivity contribution in [1.82, 2.24) is 14.9 Å². The lowest BCUT2D eigenvalue weighted by atomic mass is 10.2. The van der Waals surface area contributed by atoms with Gasteiger partial charge in [-0.15, -0.1) is 11.3 Å². The number of fused-ring (bicyclic) bond motifs is 1. The fraction of sp³-hybridized carbons (Fsp3) is 0.278. The van der Waals surface area contributed by atoms with Gasteiger partial charge in [-0.25, -0.2) is 9.97 Å². The topological polar surface area (TPSA) is 49.3 Å². The number of carbonyl (C=O) groups is 1. The Labute approximate surface area is 144 Å². The van der Waals surface area contributed by atoms with Crippen molar-refractivity contribution < 1.29 is 4.79 Å². The Hall–Kier alpha value is -2.47. The number of para-hydroxylation sites is 2. The van der Waals surface area contributed by atoms with Crippen LogP contribution in [-0.4, -0.2) is 47.0 Å². The highest BCUT2D eigenvalue weighted by Gasteiger charge is 2.24. The third-order valence-electron chi connectivity index (χ3n) is 4.32. The third kappa shape index (κ3) is 2.73. The van der Waals surface area contributed by atoms with Crippen molar-refractivity contribution in [3.63, 3.8) is 0 Å². The molecule has 3 aromatic rings. The van der Waals surface area contributed by atoms with Gasteiger partial charge in [0.05, 0.1) is 21.6 Å². The SMILES string of the molecule is Cc1nc2ccccc2nc1N1CCN(C(=O)c2cccs2)CC1. The predicted molar refractivity (Wildman–Crippen MR) is 96.7 cm³/mol. The van der Waals surface area contributed by atoms with Gasteiger partial charge >= 0.3 is 0 Å². The number of rotatable bonds is 2. The summed E-state index contributed by atoms with van der Waals surface area (Å²) in [6, 6.07) is 11.7. The Morgan fingerprint density at radius 3 is 2.38 bits per heavy atom. The first-order chi connectivity index (χ1) is 11.7. The number of nitrogens with zero attached hydrogens (tertiary/aromatic N) is 4. The van der Waals surface area contributed by atoms with Gasteiger partial charge < -0.3 is 9.80 Å². The zero-order valence-corrected chi connectivity index (χ0v) is 14.3. The molecule has 4 rings (SSSR count). The lowest BCUT2D eigenvalue weighted by Crippen LogP contribution is -2.49. The summed E-state index contributed by atoms with van der Waals surface area (Å²) >= 11 is 1.50. The van der Waals surface area contributed by atoms with Gasteiger partial charge in [-0.3, -0.25) is 4.79 Å². The smallest absolute Gasteiger partial charge is 0.264 e. The molecule has 3 heterocycles. The molecule has 1 amide bonds. The zero-order valence-electron chi connectivity index (χ0n) is 13.5. The summed E-state index contributed by atoms with van der Waals surface area (Å²) in [5.74, 6) is 1.06. The minimum absolute atomic E-state index is 0.131. The molecule has 122 valence electrons. The average Bonchev–Trinajstić information content (AvgIpc) is 3.15. The number of aryl methyl sites for hydroxylation is 1. The summed E-state index contributed by atoms with van der Waals surface area (Å²) in [6.07, 6.45) is 0. The van der Waals surface area contributed by atoms with Crippen LogP contribution in [0.3, 0.4) is 0 Å². The van der Waals surface area contributed by atoms with Crippen molar-refractivity contribution in [3.8, 4) is 0 Å². The van der Waals surface area contributed by atoms with Crippen LogP contribution in [0.5, 0.6) is 0 Å². The maximum Gasteiger partial charge on any atom is 0.264 e. The lowest BCUT2D eigenvalue weighted by Gasteiger charge is -2.35. The first kappa shape index (κ1) is 15.1. The van der Waals surface area contributed by atoms with Crippen LogP contribution in [0, 0.1) is 6.92 Å². The van der Waals surface area contributed by atoms with Crippen molar-refractivity contribution in [2.45, 2.75) is 6.92 Å². The fourth-order valence-corrected chi connectivity index (χ4v) is 3.75. The number of hydrogen-bond acceptors (Lipinski definition) is 5. The van der Waals surface area contributed by atoms with Gasteiger partial charge in [-0.1, -0.05) is 18.2 Å². The molecular formula is C18H18N4OS. The molecule has 1 aliphatic rings. The van der Waals surface area contributed by atoms with Crippen LogP contribution in [-0.2, 0) is 0 Å². The van der Waals surface area contributed by atoms with Crippen LogP contribution < -0.4 is 4.90 Å². The highest BCUT2D eigenvalue weighted by atomic mass is 32.1. The van der Waals surface area contributed by atoms with Crippen LogP contribution in [0.2, 0.25) is 0 Å². The molecule has 0 unspecified atom stereocenters. The molecule has 24 heavy (non-hydrogen) atoms. The van der Waals surface area contributed by atoms with Crippen molar-refractivity contribution in [3.05, 3.63) is 52.3 Å². The minimum Gasteiger partial charge on any atom is -0.352 e. The standard InChI is InChI=1S/C18H18N4OS/c1-13-17(20-15-6-3-2-5-14(15)19-13)21-8-10-22(11-9-21)18(23)16-7-4-12-24-16/h2-7,12H,8-11H2,1H3. The maximum absolute atomic E-state index is 12.4. The number of benzene rings is 1. The van der Waals surface area contributed by atoms with Crippen molar-refractivity contribution in [1.29, 1.82) is 0 Å². The Bertz CT molecular complexity index is 870. The van der Waals surface area contributed by atoms with Gasteiger partial charge in [-0.2, -0.15) is 0 Å². The molecule has 0 radical (unpaired) electrons. The predicted octanol–water partition coefficient (Wildman–Crippen LogP) is 2.96. The van der Waals surface area contributed by atoms with Gasteiger partial charge in [0.15, 0.2) is 5.82 Å². The molecular weight excluding hydrogens is 320 g/mol. The molecule has 2 aromatic heterocycles. The molecule has 1 saturated heterocycles.